The number of carbonyl (C=O) groups is 1. The molecule has 0 bridgehead atoms. The predicted molar refractivity (Wildman–Crippen MR) is 97.1 cm³/mol. The Balaban J connectivity index is 2.02. The van der Waals surface area contributed by atoms with Crippen LogP contribution in [0.3, 0.4) is 0 Å². The number of halogens is 2. The van der Waals surface area contributed by atoms with Crippen molar-refractivity contribution >= 4 is 39.3 Å². The van der Waals surface area contributed by atoms with Crippen molar-refractivity contribution in [1.29, 1.82) is 0 Å². The van der Waals surface area contributed by atoms with Crippen molar-refractivity contribution in [3.05, 3.63) is 70.3 Å². The van der Waals surface area contributed by atoms with Crippen LogP contribution >= 0.6 is 11.6 Å². The Morgan fingerprint density at radius 3 is 2.56 bits per heavy atom. The number of likely N-dealkylation sites (N-methyl/N-ethyl adjacent to an activating group) is 1. The van der Waals surface area contributed by atoms with Gasteiger partial charge in [-0.15, -0.1) is 0 Å². The number of sulfonamides is 1. The van der Waals surface area contributed by atoms with Gasteiger partial charge in [0.2, 0.25) is 15.9 Å². The van der Waals surface area contributed by atoms with E-state index in [4.69, 9.17) is 11.6 Å². The van der Waals surface area contributed by atoms with E-state index in [1.54, 1.807) is 24.3 Å². The molecule has 8 heteroatoms. The van der Waals surface area contributed by atoms with Gasteiger partial charge in [-0.3, -0.25) is 4.79 Å². The van der Waals surface area contributed by atoms with Crippen LogP contribution in [0.25, 0.3) is 6.08 Å². The summed E-state index contributed by atoms with van der Waals surface area (Å²) in [6.45, 7) is -0.465. The molecule has 1 N–H and O–H groups in total. The second-order valence-corrected chi connectivity index (χ2v) is 7.50. The average Bonchev–Trinajstić information content (AvgIpc) is 2.58. The fourth-order valence-electron chi connectivity index (χ4n) is 1.91. The van der Waals surface area contributed by atoms with E-state index in [0.29, 0.717) is 5.56 Å². The third kappa shape index (κ3) is 5.38. The van der Waals surface area contributed by atoms with Crippen LogP contribution in [0.2, 0.25) is 5.02 Å². The van der Waals surface area contributed by atoms with Crippen LogP contribution in [0.4, 0.5) is 10.1 Å². The summed E-state index contributed by atoms with van der Waals surface area (Å²) in [5.74, 6) is -1.45. The number of carbonyl (C=O) groups excluding carboxylic acids is 1. The molecule has 2 aromatic carbocycles. The normalized spacial score (nSPS) is 11.8. The number of benzene rings is 2. The first-order valence-electron chi connectivity index (χ1n) is 7.23. The fraction of sp³-hybridized carbons (Fsp3) is 0.118. The molecule has 0 aliphatic carbocycles. The molecule has 0 unspecified atom stereocenters. The SMILES string of the molecule is CN(CC(=O)Nc1cccc(Cl)c1F)S(=O)(=O)/C=C/c1ccccc1. The minimum Gasteiger partial charge on any atom is -0.322 e. The van der Waals surface area contributed by atoms with Crippen LogP contribution < -0.4 is 5.32 Å². The lowest BCUT2D eigenvalue weighted by Crippen LogP contribution is -2.33. The van der Waals surface area contributed by atoms with Crippen molar-refractivity contribution in [2.24, 2.45) is 0 Å². The fourth-order valence-corrected chi connectivity index (χ4v) is 2.92. The van der Waals surface area contributed by atoms with E-state index in [2.05, 4.69) is 5.32 Å². The second-order valence-electron chi connectivity index (χ2n) is 5.16. The molecule has 2 aromatic rings. The van der Waals surface area contributed by atoms with Gasteiger partial charge in [0.15, 0.2) is 5.82 Å². The smallest absolute Gasteiger partial charge is 0.239 e. The minimum atomic E-state index is -3.79. The molecule has 0 saturated heterocycles. The van der Waals surface area contributed by atoms with Gasteiger partial charge in [-0.25, -0.2) is 12.8 Å². The van der Waals surface area contributed by atoms with Gasteiger partial charge in [0.1, 0.15) is 0 Å². The minimum absolute atomic E-state index is 0.108. The number of hydrogen-bond acceptors (Lipinski definition) is 3. The largest absolute Gasteiger partial charge is 0.322 e. The number of amides is 1. The molecule has 0 spiro atoms. The van der Waals surface area contributed by atoms with Crippen LogP contribution in [0.1, 0.15) is 5.56 Å². The molecule has 0 fully saturated rings. The highest BCUT2D eigenvalue weighted by Crippen LogP contribution is 2.21. The second kappa shape index (κ2) is 8.24. The molecule has 0 aliphatic heterocycles. The van der Waals surface area contributed by atoms with Gasteiger partial charge in [0.05, 0.1) is 17.3 Å². The molecular weight excluding hydrogens is 367 g/mol. The highest BCUT2D eigenvalue weighted by atomic mass is 35.5. The molecule has 2 rings (SSSR count). The Labute approximate surface area is 150 Å². The number of rotatable bonds is 6. The zero-order valence-corrected chi connectivity index (χ0v) is 14.9. The van der Waals surface area contributed by atoms with Crippen molar-refractivity contribution in [2.75, 3.05) is 18.9 Å². The molecule has 0 saturated carbocycles. The van der Waals surface area contributed by atoms with E-state index in [1.807, 2.05) is 6.07 Å². The third-order valence-electron chi connectivity index (χ3n) is 3.26. The van der Waals surface area contributed by atoms with E-state index in [-0.39, 0.29) is 10.7 Å². The summed E-state index contributed by atoms with van der Waals surface area (Å²) in [5.41, 5.74) is 0.605. The Morgan fingerprint density at radius 1 is 1.20 bits per heavy atom. The standard InChI is InChI=1S/C17H16ClFN2O3S/c1-21(25(23,24)11-10-13-6-3-2-4-7-13)12-16(22)20-15-9-5-8-14(18)17(15)19/h2-11H,12H2,1H3,(H,20,22)/b11-10+. The van der Waals surface area contributed by atoms with Gasteiger partial charge in [-0.1, -0.05) is 48.0 Å². The summed E-state index contributed by atoms with van der Waals surface area (Å²) in [6.07, 6.45) is 1.43. The van der Waals surface area contributed by atoms with Crippen molar-refractivity contribution in [3.63, 3.8) is 0 Å². The number of nitrogens with one attached hydrogen (secondary N) is 1. The van der Waals surface area contributed by atoms with E-state index >= 15 is 0 Å². The number of hydrogen-bond donors (Lipinski definition) is 1. The molecular formula is C17H16ClFN2O3S. The van der Waals surface area contributed by atoms with Gasteiger partial charge >= 0.3 is 0 Å². The molecule has 5 nitrogen and oxygen atoms in total. The van der Waals surface area contributed by atoms with Gasteiger partial charge in [0, 0.05) is 12.5 Å². The van der Waals surface area contributed by atoms with E-state index in [9.17, 15) is 17.6 Å². The molecule has 0 radical (unpaired) electrons. The number of anilines is 1. The average molecular weight is 383 g/mol. The van der Waals surface area contributed by atoms with Crippen LogP contribution in [0.15, 0.2) is 53.9 Å². The first-order chi connectivity index (χ1) is 11.8. The summed E-state index contributed by atoms with van der Waals surface area (Å²) in [4.78, 5) is 12.0. The van der Waals surface area contributed by atoms with Gasteiger partial charge < -0.3 is 5.32 Å². The Hall–Kier alpha value is -2.22. The number of nitrogens with zero attached hydrogens (tertiary/aromatic N) is 1. The van der Waals surface area contributed by atoms with E-state index < -0.39 is 28.3 Å². The molecule has 0 aromatic heterocycles. The summed E-state index contributed by atoms with van der Waals surface area (Å²) in [5, 5.41) is 3.17. The van der Waals surface area contributed by atoms with E-state index in [1.165, 1.54) is 31.3 Å². The highest BCUT2D eigenvalue weighted by Gasteiger charge is 2.18. The summed E-state index contributed by atoms with van der Waals surface area (Å²) in [7, 11) is -2.53. The van der Waals surface area contributed by atoms with Crippen molar-refractivity contribution in [2.45, 2.75) is 0 Å². The molecule has 0 heterocycles. The topological polar surface area (TPSA) is 66.5 Å². The monoisotopic (exact) mass is 382 g/mol. The lowest BCUT2D eigenvalue weighted by molar-refractivity contribution is -0.116. The molecule has 1 amide bonds. The first kappa shape index (κ1) is 19.1. The van der Waals surface area contributed by atoms with Gasteiger partial charge in [-0.05, 0) is 23.8 Å². The van der Waals surface area contributed by atoms with Crippen molar-refractivity contribution < 1.29 is 17.6 Å². The zero-order valence-electron chi connectivity index (χ0n) is 13.3. The quantitative estimate of drug-likeness (QED) is 0.833. The Morgan fingerprint density at radius 2 is 1.88 bits per heavy atom. The van der Waals surface area contributed by atoms with Crippen LogP contribution in [0.5, 0.6) is 0 Å². The van der Waals surface area contributed by atoms with Crippen molar-refractivity contribution in [1.82, 2.24) is 4.31 Å². The molecule has 132 valence electrons. The maximum Gasteiger partial charge on any atom is 0.239 e. The predicted octanol–water partition coefficient (Wildman–Crippen LogP) is 3.35. The summed E-state index contributed by atoms with van der Waals surface area (Å²) in [6, 6.07) is 13.0. The Bertz CT molecular complexity index is 886. The zero-order chi connectivity index (χ0) is 18.4. The van der Waals surface area contributed by atoms with Crippen LogP contribution in [-0.4, -0.2) is 32.2 Å². The highest BCUT2D eigenvalue weighted by molar-refractivity contribution is 7.92. The third-order valence-corrected chi connectivity index (χ3v) is 5.03. The maximum atomic E-state index is 13.8. The van der Waals surface area contributed by atoms with Crippen molar-refractivity contribution in [3.8, 4) is 0 Å². The van der Waals surface area contributed by atoms with E-state index in [0.717, 1.165) is 9.71 Å². The van der Waals surface area contributed by atoms with Crippen LogP contribution in [0, 0.1) is 5.82 Å². The Kier molecular flexibility index (Phi) is 6.30. The maximum absolute atomic E-state index is 13.8. The molecule has 0 atom stereocenters. The first-order valence-corrected chi connectivity index (χ1v) is 9.11. The molecule has 25 heavy (non-hydrogen) atoms. The lowest BCUT2D eigenvalue weighted by Gasteiger charge is -2.14. The van der Waals surface area contributed by atoms with Gasteiger partial charge in [0.25, 0.3) is 0 Å². The summed E-state index contributed by atoms with van der Waals surface area (Å²) < 4.78 is 39.0. The van der Waals surface area contributed by atoms with Gasteiger partial charge in [-0.2, -0.15) is 4.31 Å². The molecule has 0 aliphatic rings. The lowest BCUT2D eigenvalue weighted by atomic mass is 10.2. The summed E-state index contributed by atoms with van der Waals surface area (Å²) >= 11 is 5.63. The van der Waals surface area contributed by atoms with Crippen LogP contribution in [-0.2, 0) is 14.8 Å².